The summed E-state index contributed by atoms with van der Waals surface area (Å²) in [6.45, 7) is 0. The van der Waals surface area contributed by atoms with Gasteiger partial charge in [-0.05, 0) is 33.7 Å². The third kappa shape index (κ3) is 4.44. The van der Waals surface area contributed by atoms with E-state index in [1.165, 1.54) is 30.9 Å². The molecule has 10 aromatic rings. The molecule has 0 aliphatic rings. The van der Waals surface area contributed by atoms with Crippen LogP contribution in [0.4, 0.5) is 0 Å². The molecule has 0 N–H and O–H groups in total. The van der Waals surface area contributed by atoms with E-state index in [1.54, 1.807) is 0 Å². The molecule has 7 aromatic carbocycles. The molecule has 228 valence electrons. The third-order valence-corrected chi connectivity index (χ3v) is 10.6. The second-order valence-electron chi connectivity index (χ2n) is 12.2. The molecule has 0 saturated carbocycles. The van der Waals surface area contributed by atoms with Crippen LogP contribution in [0.1, 0.15) is 0 Å². The zero-order valence-corrected chi connectivity index (χ0v) is 27.0. The number of pyridine rings is 1. The molecular formula is C44H26N4S. The zero-order chi connectivity index (χ0) is 32.3. The lowest BCUT2D eigenvalue weighted by Gasteiger charge is -2.19. The van der Waals surface area contributed by atoms with Crippen molar-refractivity contribution in [1.29, 1.82) is 0 Å². The molecular weight excluding hydrogens is 617 g/mol. The largest absolute Gasteiger partial charge is 0.256 e. The Kier molecular flexibility index (Phi) is 6.32. The summed E-state index contributed by atoms with van der Waals surface area (Å²) < 4.78 is 2.53. The van der Waals surface area contributed by atoms with E-state index in [2.05, 4.69) is 115 Å². The monoisotopic (exact) mass is 642 g/mol. The molecule has 4 nitrogen and oxygen atoms in total. The summed E-state index contributed by atoms with van der Waals surface area (Å²) in [7, 11) is 0. The molecule has 0 saturated heterocycles. The number of hydrogen-bond donors (Lipinski definition) is 0. The summed E-state index contributed by atoms with van der Waals surface area (Å²) in [6.07, 6.45) is 1.91. The Labute approximate surface area is 286 Å². The SMILES string of the molecule is c1ccc(-c2nc(-c3ccccc3)nc(-c3c(-c4nccc5ccccc45)c4ccccc4c4c3ccc3c5ccccc5sc34)n2)cc1. The molecule has 0 aliphatic carbocycles. The maximum absolute atomic E-state index is 5.30. The van der Waals surface area contributed by atoms with Gasteiger partial charge in [-0.2, -0.15) is 0 Å². The van der Waals surface area contributed by atoms with Crippen molar-refractivity contribution in [2.75, 3.05) is 0 Å². The van der Waals surface area contributed by atoms with Gasteiger partial charge in [0.2, 0.25) is 0 Å². The predicted octanol–water partition coefficient (Wildman–Crippen LogP) is 11.8. The average Bonchev–Trinajstić information content (AvgIpc) is 3.56. The van der Waals surface area contributed by atoms with E-state index >= 15 is 0 Å². The number of rotatable bonds is 4. The van der Waals surface area contributed by atoms with Gasteiger partial charge in [0.25, 0.3) is 0 Å². The van der Waals surface area contributed by atoms with Crippen LogP contribution in [0.3, 0.4) is 0 Å². The Balaban J connectivity index is 1.43. The number of benzene rings is 7. The molecule has 49 heavy (non-hydrogen) atoms. The molecule has 0 fully saturated rings. The molecule has 3 aromatic heterocycles. The van der Waals surface area contributed by atoms with E-state index in [-0.39, 0.29) is 0 Å². The zero-order valence-electron chi connectivity index (χ0n) is 26.2. The minimum absolute atomic E-state index is 0.619. The summed E-state index contributed by atoms with van der Waals surface area (Å²) in [5.41, 5.74) is 4.75. The van der Waals surface area contributed by atoms with Crippen molar-refractivity contribution < 1.29 is 0 Å². The highest BCUT2D eigenvalue weighted by Gasteiger charge is 2.25. The second-order valence-corrected chi connectivity index (χ2v) is 13.2. The summed E-state index contributed by atoms with van der Waals surface area (Å²) in [4.78, 5) is 20.7. The van der Waals surface area contributed by atoms with Crippen LogP contribution in [0.2, 0.25) is 0 Å². The van der Waals surface area contributed by atoms with Crippen LogP contribution >= 0.6 is 11.3 Å². The van der Waals surface area contributed by atoms with Crippen molar-refractivity contribution in [2.24, 2.45) is 0 Å². The number of fused-ring (bicyclic) bond motifs is 8. The first-order valence-corrected chi connectivity index (χ1v) is 17.1. The van der Waals surface area contributed by atoms with E-state index in [0.717, 1.165) is 49.5 Å². The highest BCUT2D eigenvalue weighted by molar-refractivity contribution is 7.26. The molecule has 0 atom stereocenters. The minimum atomic E-state index is 0.619. The van der Waals surface area contributed by atoms with Crippen molar-refractivity contribution >= 4 is 63.8 Å². The van der Waals surface area contributed by atoms with Crippen LogP contribution in [0.5, 0.6) is 0 Å². The van der Waals surface area contributed by atoms with Crippen LogP contribution in [-0.2, 0) is 0 Å². The minimum Gasteiger partial charge on any atom is -0.256 e. The fraction of sp³-hybridized carbons (Fsp3) is 0. The Morgan fingerprint density at radius 1 is 0.388 bits per heavy atom. The van der Waals surface area contributed by atoms with Gasteiger partial charge in [-0.15, -0.1) is 11.3 Å². The quantitative estimate of drug-likeness (QED) is 0.179. The molecule has 3 heterocycles. The van der Waals surface area contributed by atoms with E-state index in [4.69, 9.17) is 19.9 Å². The lowest BCUT2D eigenvalue weighted by atomic mass is 9.87. The van der Waals surface area contributed by atoms with E-state index < -0.39 is 0 Å². The molecule has 0 bridgehead atoms. The maximum Gasteiger partial charge on any atom is 0.165 e. The van der Waals surface area contributed by atoms with Gasteiger partial charge in [0.15, 0.2) is 17.5 Å². The van der Waals surface area contributed by atoms with Gasteiger partial charge in [0.05, 0.1) is 5.69 Å². The molecule has 0 spiro atoms. The van der Waals surface area contributed by atoms with Crippen LogP contribution in [-0.4, -0.2) is 19.9 Å². The van der Waals surface area contributed by atoms with Crippen molar-refractivity contribution in [3.05, 3.63) is 158 Å². The Bertz CT molecular complexity index is 2820. The third-order valence-electron chi connectivity index (χ3n) is 9.37. The molecule has 5 heteroatoms. The van der Waals surface area contributed by atoms with Gasteiger partial charge < -0.3 is 0 Å². The van der Waals surface area contributed by atoms with E-state index in [1.807, 2.05) is 53.9 Å². The Morgan fingerprint density at radius 3 is 1.69 bits per heavy atom. The van der Waals surface area contributed by atoms with Crippen LogP contribution in [0.15, 0.2) is 158 Å². The van der Waals surface area contributed by atoms with Gasteiger partial charge in [0.1, 0.15) is 0 Å². The van der Waals surface area contributed by atoms with Gasteiger partial charge in [-0.3, -0.25) is 4.98 Å². The maximum atomic E-state index is 5.30. The summed E-state index contributed by atoms with van der Waals surface area (Å²) >= 11 is 1.85. The average molecular weight is 643 g/mol. The van der Waals surface area contributed by atoms with Crippen molar-refractivity contribution in [3.63, 3.8) is 0 Å². The topological polar surface area (TPSA) is 51.6 Å². The molecule has 0 unspecified atom stereocenters. The summed E-state index contributed by atoms with van der Waals surface area (Å²) in [6, 6.07) is 52.8. The fourth-order valence-electron chi connectivity index (χ4n) is 7.17. The Morgan fingerprint density at radius 2 is 0.959 bits per heavy atom. The number of aromatic nitrogens is 4. The number of nitrogens with zero attached hydrogens (tertiary/aromatic N) is 4. The van der Waals surface area contributed by atoms with E-state index in [0.29, 0.717) is 17.5 Å². The van der Waals surface area contributed by atoms with Gasteiger partial charge in [0, 0.05) is 59.4 Å². The highest BCUT2D eigenvalue weighted by Crippen LogP contribution is 2.49. The lowest BCUT2D eigenvalue weighted by molar-refractivity contribution is 1.08. The number of hydrogen-bond acceptors (Lipinski definition) is 5. The van der Waals surface area contributed by atoms with Crippen LogP contribution in [0, 0.1) is 0 Å². The van der Waals surface area contributed by atoms with Crippen LogP contribution < -0.4 is 0 Å². The predicted molar refractivity (Wildman–Crippen MR) is 205 cm³/mol. The van der Waals surface area contributed by atoms with Crippen LogP contribution in [0.25, 0.3) is 97.9 Å². The van der Waals surface area contributed by atoms with Crippen molar-refractivity contribution in [3.8, 4) is 45.4 Å². The Hall–Kier alpha value is -6.30. The van der Waals surface area contributed by atoms with Gasteiger partial charge in [-0.1, -0.05) is 140 Å². The lowest BCUT2D eigenvalue weighted by Crippen LogP contribution is -2.03. The van der Waals surface area contributed by atoms with Crippen molar-refractivity contribution in [1.82, 2.24) is 19.9 Å². The standard InChI is InChI=1S/C44H26N4S/c1-3-14-28(15-4-1)42-46-43(29-16-5-2-6-17-29)48-44(47-42)39-35-24-23-34-31-19-11-12-22-36(31)49-41(34)37(35)32-20-9-10-21-33(32)38(39)40-30-18-8-7-13-27(30)25-26-45-40/h1-26H. The summed E-state index contributed by atoms with van der Waals surface area (Å²) in [5.74, 6) is 1.88. The summed E-state index contributed by atoms with van der Waals surface area (Å²) in [5, 5.41) is 9.33. The first kappa shape index (κ1) is 27.8. The first-order valence-electron chi connectivity index (χ1n) is 16.3. The van der Waals surface area contributed by atoms with Gasteiger partial charge in [-0.25, -0.2) is 15.0 Å². The molecule has 0 radical (unpaired) electrons. The normalized spacial score (nSPS) is 11.7. The number of thiophene rings is 1. The fourth-order valence-corrected chi connectivity index (χ4v) is 8.43. The molecule has 0 aliphatic heterocycles. The first-order chi connectivity index (χ1) is 24.3. The molecule has 10 rings (SSSR count). The van der Waals surface area contributed by atoms with Crippen molar-refractivity contribution in [2.45, 2.75) is 0 Å². The van der Waals surface area contributed by atoms with E-state index in [9.17, 15) is 0 Å². The second kappa shape index (κ2) is 11.2. The molecule has 0 amide bonds. The highest BCUT2D eigenvalue weighted by atomic mass is 32.1. The smallest absolute Gasteiger partial charge is 0.165 e. The van der Waals surface area contributed by atoms with Gasteiger partial charge >= 0.3 is 0 Å².